The van der Waals surface area contributed by atoms with E-state index in [4.69, 9.17) is 22.7 Å². The summed E-state index contributed by atoms with van der Waals surface area (Å²) >= 11 is 4.82. The second-order valence-corrected chi connectivity index (χ2v) is 4.24. The van der Waals surface area contributed by atoms with Crippen LogP contribution in [0.15, 0.2) is 48.5 Å². The van der Waals surface area contributed by atoms with E-state index in [0.717, 1.165) is 0 Å². The number of phenols is 1. The maximum Gasteiger partial charge on any atom is 0.347 e. The van der Waals surface area contributed by atoms with Gasteiger partial charge in [0.2, 0.25) is 0 Å². The van der Waals surface area contributed by atoms with Gasteiger partial charge >= 0.3 is 5.97 Å². The first-order chi connectivity index (χ1) is 10.1. The van der Waals surface area contributed by atoms with Gasteiger partial charge in [-0.2, -0.15) is 0 Å². The Hall–Kier alpha value is -2.44. The smallest absolute Gasteiger partial charge is 0.347 e. The SMILES string of the molecule is CN.NC(=S)c1ccc(OC(=O)c2ccccc2O)cc1. The summed E-state index contributed by atoms with van der Waals surface area (Å²) in [5.41, 5.74) is 10.8. The van der Waals surface area contributed by atoms with Gasteiger partial charge in [-0.15, -0.1) is 0 Å². The first-order valence-electron chi connectivity index (χ1n) is 6.05. The average Bonchev–Trinajstić information content (AvgIpc) is 2.50. The number of nitrogens with two attached hydrogens (primary N) is 2. The molecule has 0 amide bonds. The first kappa shape index (κ1) is 16.6. The van der Waals surface area contributed by atoms with Crippen molar-refractivity contribution in [2.24, 2.45) is 11.5 Å². The summed E-state index contributed by atoms with van der Waals surface area (Å²) in [4.78, 5) is 12.1. The number of esters is 1. The summed E-state index contributed by atoms with van der Waals surface area (Å²) in [6, 6.07) is 12.7. The molecule has 0 aromatic heterocycles. The Morgan fingerprint density at radius 2 is 1.67 bits per heavy atom. The van der Waals surface area contributed by atoms with Gasteiger partial charge in [-0.1, -0.05) is 24.4 Å². The summed E-state index contributed by atoms with van der Waals surface area (Å²) in [6.45, 7) is 0. The van der Waals surface area contributed by atoms with Crippen molar-refractivity contribution >= 4 is 23.2 Å². The third-order valence-corrected chi connectivity index (χ3v) is 2.71. The maximum atomic E-state index is 11.8. The van der Waals surface area contributed by atoms with Crippen molar-refractivity contribution in [3.63, 3.8) is 0 Å². The molecular formula is C15H16N2O3S. The molecule has 5 N–H and O–H groups in total. The molecule has 0 fully saturated rings. The first-order valence-corrected chi connectivity index (χ1v) is 6.46. The van der Waals surface area contributed by atoms with Crippen molar-refractivity contribution in [2.45, 2.75) is 0 Å². The zero-order valence-electron chi connectivity index (χ0n) is 11.4. The lowest BCUT2D eigenvalue weighted by Crippen LogP contribution is -2.10. The fourth-order valence-electron chi connectivity index (χ4n) is 1.50. The normalized spacial score (nSPS) is 9.24. The quantitative estimate of drug-likeness (QED) is 0.454. The highest BCUT2D eigenvalue weighted by Gasteiger charge is 2.12. The second kappa shape index (κ2) is 7.98. The van der Waals surface area contributed by atoms with Crippen LogP contribution >= 0.6 is 12.2 Å². The van der Waals surface area contributed by atoms with Gasteiger partial charge < -0.3 is 21.3 Å². The van der Waals surface area contributed by atoms with E-state index >= 15 is 0 Å². The summed E-state index contributed by atoms with van der Waals surface area (Å²) in [5.74, 6) is -0.387. The monoisotopic (exact) mass is 304 g/mol. The highest BCUT2D eigenvalue weighted by molar-refractivity contribution is 7.80. The fraction of sp³-hybridized carbons (Fsp3) is 0.0667. The van der Waals surface area contributed by atoms with Crippen LogP contribution in [0.25, 0.3) is 0 Å². The van der Waals surface area contributed by atoms with Crippen molar-refractivity contribution in [1.82, 2.24) is 0 Å². The van der Waals surface area contributed by atoms with Crippen LogP contribution in [0, 0.1) is 0 Å². The zero-order valence-corrected chi connectivity index (χ0v) is 12.3. The van der Waals surface area contributed by atoms with Gasteiger partial charge in [0.1, 0.15) is 22.1 Å². The largest absolute Gasteiger partial charge is 0.507 e. The van der Waals surface area contributed by atoms with Crippen LogP contribution in [0.4, 0.5) is 0 Å². The number of phenolic OH excluding ortho intramolecular Hbond substituents is 1. The molecule has 2 aromatic carbocycles. The Morgan fingerprint density at radius 1 is 1.10 bits per heavy atom. The lowest BCUT2D eigenvalue weighted by atomic mass is 10.2. The van der Waals surface area contributed by atoms with Gasteiger partial charge in [0.25, 0.3) is 0 Å². The summed E-state index contributed by atoms with van der Waals surface area (Å²) < 4.78 is 5.13. The van der Waals surface area contributed by atoms with E-state index in [9.17, 15) is 9.90 Å². The molecule has 5 nitrogen and oxygen atoms in total. The number of carbonyl (C=O) groups is 1. The van der Waals surface area contributed by atoms with E-state index < -0.39 is 5.97 Å². The van der Waals surface area contributed by atoms with E-state index in [0.29, 0.717) is 11.3 Å². The highest BCUT2D eigenvalue weighted by atomic mass is 32.1. The molecule has 2 aromatic rings. The Bertz CT molecular complexity index is 627. The molecule has 0 bridgehead atoms. The Kier molecular flexibility index (Phi) is 6.32. The third-order valence-electron chi connectivity index (χ3n) is 2.47. The molecule has 0 aliphatic heterocycles. The van der Waals surface area contributed by atoms with Crippen LogP contribution in [0.2, 0.25) is 0 Å². The topological polar surface area (TPSA) is 98.6 Å². The molecular weight excluding hydrogens is 288 g/mol. The number of para-hydroxylation sites is 1. The Morgan fingerprint density at radius 3 is 2.19 bits per heavy atom. The number of benzene rings is 2. The minimum atomic E-state index is -0.624. The molecule has 0 atom stereocenters. The van der Waals surface area contributed by atoms with E-state index in [-0.39, 0.29) is 16.3 Å². The van der Waals surface area contributed by atoms with Crippen molar-refractivity contribution in [2.75, 3.05) is 7.05 Å². The van der Waals surface area contributed by atoms with E-state index in [2.05, 4.69) is 5.73 Å². The van der Waals surface area contributed by atoms with Crippen molar-refractivity contribution < 1.29 is 14.6 Å². The van der Waals surface area contributed by atoms with E-state index in [1.165, 1.54) is 19.2 Å². The number of aromatic hydroxyl groups is 1. The average molecular weight is 304 g/mol. The highest BCUT2D eigenvalue weighted by Crippen LogP contribution is 2.19. The fourth-order valence-corrected chi connectivity index (χ4v) is 1.63. The minimum Gasteiger partial charge on any atom is -0.507 e. The second-order valence-electron chi connectivity index (χ2n) is 3.80. The van der Waals surface area contributed by atoms with E-state index in [1.54, 1.807) is 36.4 Å². The predicted molar refractivity (Wildman–Crippen MR) is 85.5 cm³/mol. The summed E-state index contributed by atoms with van der Waals surface area (Å²) in [6.07, 6.45) is 0. The van der Waals surface area contributed by atoms with Gasteiger partial charge in [0.05, 0.1) is 0 Å². The molecule has 0 aliphatic rings. The molecule has 0 saturated heterocycles. The standard InChI is InChI=1S/C14H11NO3S.CH5N/c15-13(19)9-5-7-10(8-6-9)18-14(17)11-3-1-2-4-12(11)16;1-2/h1-8,16H,(H2,15,19);2H2,1H3. The zero-order chi connectivity index (χ0) is 15.8. The van der Waals surface area contributed by atoms with Gasteiger partial charge in [0, 0.05) is 5.56 Å². The minimum absolute atomic E-state index is 0.112. The Labute approximate surface area is 128 Å². The third kappa shape index (κ3) is 4.55. The van der Waals surface area contributed by atoms with Crippen LogP contribution in [0.1, 0.15) is 15.9 Å². The molecule has 0 spiro atoms. The maximum absolute atomic E-state index is 11.8. The number of ether oxygens (including phenoxy) is 1. The molecule has 6 heteroatoms. The molecule has 0 saturated carbocycles. The Balaban J connectivity index is 0.00000106. The number of hydrogen-bond donors (Lipinski definition) is 3. The van der Waals surface area contributed by atoms with Crippen molar-refractivity contribution in [3.8, 4) is 11.5 Å². The van der Waals surface area contributed by atoms with Crippen LogP contribution in [-0.4, -0.2) is 23.1 Å². The van der Waals surface area contributed by atoms with Gasteiger partial charge in [-0.05, 0) is 43.4 Å². The predicted octanol–water partition coefficient (Wildman–Crippen LogP) is 1.82. The number of thiocarbonyl (C=S) groups is 1. The summed E-state index contributed by atoms with van der Waals surface area (Å²) in [5, 5.41) is 9.54. The molecule has 0 radical (unpaired) electrons. The number of hydrogen-bond acceptors (Lipinski definition) is 5. The van der Waals surface area contributed by atoms with Crippen LogP contribution < -0.4 is 16.2 Å². The number of carbonyl (C=O) groups excluding carboxylic acids is 1. The molecule has 110 valence electrons. The lowest BCUT2D eigenvalue weighted by Gasteiger charge is -2.06. The van der Waals surface area contributed by atoms with Crippen molar-refractivity contribution in [3.05, 3.63) is 59.7 Å². The molecule has 21 heavy (non-hydrogen) atoms. The van der Waals surface area contributed by atoms with Gasteiger partial charge in [0.15, 0.2) is 0 Å². The van der Waals surface area contributed by atoms with Gasteiger partial charge in [-0.3, -0.25) is 0 Å². The van der Waals surface area contributed by atoms with Crippen LogP contribution in [0.3, 0.4) is 0 Å². The van der Waals surface area contributed by atoms with Crippen molar-refractivity contribution in [1.29, 1.82) is 0 Å². The lowest BCUT2D eigenvalue weighted by molar-refractivity contribution is 0.0731. The molecule has 0 unspecified atom stereocenters. The van der Waals surface area contributed by atoms with Crippen LogP contribution in [-0.2, 0) is 0 Å². The molecule has 0 aliphatic carbocycles. The number of rotatable bonds is 3. The van der Waals surface area contributed by atoms with Crippen LogP contribution in [0.5, 0.6) is 11.5 Å². The van der Waals surface area contributed by atoms with Gasteiger partial charge in [-0.25, -0.2) is 4.79 Å². The van der Waals surface area contributed by atoms with E-state index in [1.807, 2.05) is 0 Å². The molecule has 2 rings (SSSR count). The molecule has 0 heterocycles. The summed E-state index contributed by atoms with van der Waals surface area (Å²) in [7, 11) is 1.50.